The van der Waals surface area contributed by atoms with Gasteiger partial charge in [-0.1, -0.05) is 64.4 Å². The molecular formula is C18H32N2. The van der Waals surface area contributed by atoms with Gasteiger partial charge in [0.05, 0.1) is 0 Å². The maximum absolute atomic E-state index is 3.66. The first-order valence-corrected chi connectivity index (χ1v) is 8.16. The Morgan fingerprint density at radius 3 is 2.20 bits per heavy atom. The van der Waals surface area contributed by atoms with E-state index in [1.54, 1.807) is 0 Å². The summed E-state index contributed by atoms with van der Waals surface area (Å²) in [6.45, 7) is 14.7. The van der Waals surface area contributed by atoms with E-state index in [0.29, 0.717) is 12.1 Å². The van der Waals surface area contributed by atoms with Gasteiger partial charge >= 0.3 is 0 Å². The van der Waals surface area contributed by atoms with Crippen LogP contribution < -0.4 is 5.32 Å². The number of hydrogen-bond acceptors (Lipinski definition) is 2. The molecule has 0 heterocycles. The molecule has 0 amide bonds. The lowest BCUT2D eigenvalue weighted by molar-refractivity contribution is 0.155. The van der Waals surface area contributed by atoms with Crippen molar-refractivity contribution in [2.45, 2.75) is 53.1 Å². The highest BCUT2D eigenvalue weighted by molar-refractivity contribution is 5.20. The number of hydrogen-bond donors (Lipinski definition) is 1. The molecular weight excluding hydrogens is 244 g/mol. The minimum absolute atomic E-state index is 0.408. The molecule has 0 aliphatic carbocycles. The summed E-state index contributed by atoms with van der Waals surface area (Å²) in [6.07, 6.45) is 1.25. The molecule has 0 saturated heterocycles. The normalized spacial score (nSPS) is 16.1. The first-order chi connectivity index (χ1) is 9.63. The number of benzene rings is 1. The average molecular weight is 276 g/mol. The molecule has 0 fully saturated rings. The van der Waals surface area contributed by atoms with Crippen molar-refractivity contribution in [3.8, 4) is 0 Å². The van der Waals surface area contributed by atoms with Gasteiger partial charge in [0.2, 0.25) is 0 Å². The van der Waals surface area contributed by atoms with Crippen LogP contribution in [0.4, 0.5) is 0 Å². The Kier molecular flexibility index (Phi) is 7.86. The number of rotatable bonds is 9. The molecule has 0 aliphatic heterocycles. The predicted molar refractivity (Wildman–Crippen MR) is 89.0 cm³/mol. The van der Waals surface area contributed by atoms with Gasteiger partial charge in [0.1, 0.15) is 0 Å². The smallest absolute Gasteiger partial charge is 0.0475 e. The van der Waals surface area contributed by atoms with E-state index >= 15 is 0 Å². The first-order valence-electron chi connectivity index (χ1n) is 8.16. The zero-order chi connectivity index (χ0) is 15.0. The fraction of sp³-hybridized carbons (Fsp3) is 0.667. The SMILES string of the molecule is CCNC(c1ccccc1)C(C)N(CC)CC(C)CC. The van der Waals surface area contributed by atoms with Gasteiger partial charge in [0.25, 0.3) is 0 Å². The van der Waals surface area contributed by atoms with Crippen LogP contribution in [0.5, 0.6) is 0 Å². The maximum atomic E-state index is 3.66. The van der Waals surface area contributed by atoms with Crippen molar-refractivity contribution in [1.82, 2.24) is 10.2 Å². The monoisotopic (exact) mass is 276 g/mol. The van der Waals surface area contributed by atoms with E-state index in [1.165, 1.54) is 18.5 Å². The largest absolute Gasteiger partial charge is 0.309 e. The van der Waals surface area contributed by atoms with Gasteiger partial charge in [0.15, 0.2) is 0 Å². The van der Waals surface area contributed by atoms with Gasteiger partial charge < -0.3 is 5.32 Å². The van der Waals surface area contributed by atoms with Gasteiger partial charge in [-0.25, -0.2) is 0 Å². The van der Waals surface area contributed by atoms with Crippen LogP contribution >= 0.6 is 0 Å². The third kappa shape index (κ3) is 4.92. The molecule has 1 aromatic rings. The van der Waals surface area contributed by atoms with Gasteiger partial charge in [-0.15, -0.1) is 0 Å². The molecule has 3 unspecified atom stereocenters. The van der Waals surface area contributed by atoms with Crippen LogP contribution in [0.15, 0.2) is 30.3 Å². The molecule has 3 atom stereocenters. The van der Waals surface area contributed by atoms with E-state index < -0.39 is 0 Å². The Hall–Kier alpha value is -0.860. The molecule has 20 heavy (non-hydrogen) atoms. The molecule has 1 aromatic carbocycles. The molecule has 0 bridgehead atoms. The Labute approximate surface area is 125 Å². The summed E-state index contributed by atoms with van der Waals surface area (Å²) >= 11 is 0. The number of nitrogens with zero attached hydrogens (tertiary/aromatic N) is 1. The van der Waals surface area contributed by atoms with Gasteiger partial charge in [-0.05, 0) is 31.5 Å². The highest BCUT2D eigenvalue weighted by atomic mass is 15.2. The molecule has 0 aromatic heterocycles. The van der Waals surface area contributed by atoms with Crippen molar-refractivity contribution in [3.63, 3.8) is 0 Å². The second-order valence-electron chi connectivity index (χ2n) is 5.79. The van der Waals surface area contributed by atoms with E-state index in [-0.39, 0.29) is 0 Å². The van der Waals surface area contributed by atoms with E-state index in [2.05, 4.69) is 75.2 Å². The van der Waals surface area contributed by atoms with E-state index in [9.17, 15) is 0 Å². The Bertz CT molecular complexity index is 350. The third-order valence-electron chi connectivity index (χ3n) is 4.29. The fourth-order valence-corrected chi connectivity index (χ4v) is 2.77. The van der Waals surface area contributed by atoms with E-state index in [0.717, 1.165) is 19.0 Å². The average Bonchev–Trinajstić information content (AvgIpc) is 2.50. The number of likely N-dealkylation sites (N-methyl/N-ethyl adjacent to an activating group) is 2. The second-order valence-corrected chi connectivity index (χ2v) is 5.79. The van der Waals surface area contributed by atoms with Crippen LogP contribution in [-0.2, 0) is 0 Å². The molecule has 2 nitrogen and oxygen atoms in total. The minimum atomic E-state index is 0.408. The molecule has 1 N–H and O–H groups in total. The molecule has 114 valence electrons. The molecule has 0 saturated carbocycles. The lowest BCUT2D eigenvalue weighted by Gasteiger charge is -2.36. The molecule has 0 spiro atoms. The van der Waals surface area contributed by atoms with Crippen molar-refractivity contribution in [2.24, 2.45) is 5.92 Å². The van der Waals surface area contributed by atoms with Crippen LogP contribution in [0.3, 0.4) is 0 Å². The van der Waals surface area contributed by atoms with Crippen LogP contribution in [0.25, 0.3) is 0 Å². The van der Waals surface area contributed by atoms with Crippen LogP contribution in [0.2, 0.25) is 0 Å². The van der Waals surface area contributed by atoms with Gasteiger partial charge in [-0.2, -0.15) is 0 Å². The fourth-order valence-electron chi connectivity index (χ4n) is 2.77. The zero-order valence-electron chi connectivity index (χ0n) is 13.9. The van der Waals surface area contributed by atoms with Crippen LogP contribution in [-0.4, -0.2) is 30.6 Å². The second kappa shape index (κ2) is 9.15. The summed E-state index contributed by atoms with van der Waals surface area (Å²) in [7, 11) is 0. The Morgan fingerprint density at radius 1 is 1.05 bits per heavy atom. The summed E-state index contributed by atoms with van der Waals surface area (Å²) < 4.78 is 0. The summed E-state index contributed by atoms with van der Waals surface area (Å²) in [5.41, 5.74) is 1.39. The van der Waals surface area contributed by atoms with Crippen molar-refractivity contribution >= 4 is 0 Å². The lowest BCUT2D eigenvalue weighted by atomic mass is 9.97. The van der Waals surface area contributed by atoms with Crippen LogP contribution in [0.1, 0.15) is 52.6 Å². The Morgan fingerprint density at radius 2 is 1.70 bits per heavy atom. The highest BCUT2D eigenvalue weighted by Gasteiger charge is 2.24. The summed E-state index contributed by atoms with van der Waals surface area (Å²) in [5, 5.41) is 3.66. The highest BCUT2D eigenvalue weighted by Crippen LogP contribution is 2.22. The van der Waals surface area contributed by atoms with Gasteiger partial charge in [0, 0.05) is 18.6 Å². The van der Waals surface area contributed by atoms with Crippen molar-refractivity contribution in [3.05, 3.63) is 35.9 Å². The number of nitrogens with one attached hydrogen (secondary N) is 1. The summed E-state index contributed by atoms with van der Waals surface area (Å²) in [5.74, 6) is 0.760. The van der Waals surface area contributed by atoms with Gasteiger partial charge in [-0.3, -0.25) is 4.90 Å². The zero-order valence-corrected chi connectivity index (χ0v) is 13.9. The maximum Gasteiger partial charge on any atom is 0.0475 e. The van der Waals surface area contributed by atoms with Crippen molar-refractivity contribution < 1.29 is 0 Å². The van der Waals surface area contributed by atoms with Crippen molar-refractivity contribution in [2.75, 3.05) is 19.6 Å². The molecule has 0 aliphatic rings. The topological polar surface area (TPSA) is 15.3 Å². The van der Waals surface area contributed by atoms with Crippen LogP contribution in [0, 0.1) is 5.92 Å². The predicted octanol–water partition coefficient (Wildman–Crippen LogP) is 4.09. The molecule has 0 radical (unpaired) electrons. The molecule has 1 rings (SSSR count). The summed E-state index contributed by atoms with van der Waals surface area (Å²) in [6, 6.07) is 11.8. The quantitative estimate of drug-likeness (QED) is 0.730. The Balaban J connectivity index is 2.83. The minimum Gasteiger partial charge on any atom is -0.309 e. The van der Waals surface area contributed by atoms with Crippen molar-refractivity contribution in [1.29, 1.82) is 0 Å². The third-order valence-corrected chi connectivity index (χ3v) is 4.29. The standard InChI is InChI=1S/C18H32N2/c1-6-15(4)14-20(8-3)16(5)18(19-7-2)17-12-10-9-11-13-17/h9-13,15-16,18-19H,6-8,14H2,1-5H3. The first kappa shape index (κ1) is 17.2. The lowest BCUT2D eigenvalue weighted by Crippen LogP contribution is -2.44. The van der Waals surface area contributed by atoms with E-state index in [1.807, 2.05) is 0 Å². The molecule has 2 heteroatoms. The summed E-state index contributed by atoms with van der Waals surface area (Å²) in [4.78, 5) is 2.61. The van der Waals surface area contributed by atoms with E-state index in [4.69, 9.17) is 0 Å².